The second-order valence-corrected chi connectivity index (χ2v) is 5.28. The van der Waals surface area contributed by atoms with Crippen LogP contribution in [0.3, 0.4) is 0 Å². The van der Waals surface area contributed by atoms with Crippen molar-refractivity contribution in [3.8, 4) is 0 Å². The average Bonchev–Trinajstić information content (AvgIpc) is 2.60. The quantitative estimate of drug-likeness (QED) is 0.876. The van der Waals surface area contributed by atoms with Crippen LogP contribution in [0.2, 0.25) is 0 Å². The second-order valence-electron chi connectivity index (χ2n) is 5.28. The number of nitrogens with two attached hydrogens (primary N) is 1. The van der Waals surface area contributed by atoms with Gasteiger partial charge in [0, 0.05) is 0 Å². The van der Waals surface area contributed by atoms with Crippen LogP contribution in [0.5, 0.6) is 0 Å². The summed E-state index contributed by atoms with van der Waals surface area (Å²) in [6.45, 7) is 5.41. The van der Waals surface area contributed by atoms with Crippen LogP contribution in [0.1, 0.15) is 32.5 Å². The fraction of sp³-hybridized carbons (Fsp3) is 0.357. The molecule has 1 aromatic rings. The predicted molar refractivity (Wildman–Crippen MR) is 75.6 cm³/mol. The number of benzene rings is 1. The van der Waals surface area contributed by atoms with Crippen molar-refractivity contribution < 1.29 is 9.59 Å². The molecule has 2 rings (SSSR count). The fourth-order valence-electron chi connectivity index (χ4n) is 2.00. The summed E-state index contributed by atoms with van der Waals surface area (Å²) in [6.07, 6.45) is -0.696. The zero-order valence-electron chi connectivity index (χ0n) is 11.8. The molecule has 1 aromatic carbocycles. The molecular formula is C14H18N4O2. The maximum absolute atomic E-state index is 12.5. The first kappa shape index (κ1) is 14.0. The summed E-state index contributed by atoms with van der Waals surface area (Å²) in [4.78, 5) is 23.7. The van der Waals surface area contributed by atoms with Crippen LogP contribution in [-0.4, -0.2) is 22.7 Å². The summed E-state index contributed by atoms with van der Waals surface area (Å²) in [5.74, 6) is -0.169. The molecule has 1 heterocycles. The number of nitrogens with zero attached hydrogens (tertiary/aromatic N) is 2. The SMILES string of the molecule is CC1=NN([C@@H](NC(N)=O)c2ccccc2)C(=O)C1(C)C. The number of carbonyl (C=O) groups is 2. The van der Waals surface area contributed by atoms with Crippen molar-refractivity contribution >= 4 is 17.6 Å². The highest BCUT2D eigenvalue weighted by molar-refractivity contribution is 6.10. The number of amides is 3. The lowest BCUT2D eigenvalue weighted by atomic mass is 9.88. The Morgan fingerprint density at radius 1 is 1.35 bits per heavy atom. The highest BCUT2D eigenvalue weighted by Gasteiger charge is 2.44. The van der Waals surface area contributed by atoms with E-state index < -0.39 is 17.6 Å². The fourth-order valence-corrected chi connectivity index (χ4v) is 2.00. The Kier molecular flexibility index (Phi) is 3.48. The highest BCUT2D eigenvalue weighted by Crippen LogP contribution is 2.33. The number of nitrogens with one attached hydrogen (secondary N) is 1. The molecule has 1 aliphatic heterocycles. The van der Waals surface area contributed by atoms with Crippen LogP contribution in [-0.2, 0) is 4.79 Å². The number of hydrogen-bond acceptors (Lipinski definition) is 3. The Hall–Kier alpha value is -2.37. The van der Waals surface area contributed by atoms with Crippen molar-refractivity contribution in [3.05, 3.63) is 35.9 Å². The molecule has 0 radical (unpaired) electrons. The molecule has 6 nitrogen and oxygen atoms in total. The highest BCUT2D eigenvalue weighted by atomic mass is 16.2. The number of rotatable bonds is 3. The standard InChI is InChI=1S/C14H18N4O2/c1-9-14(2,3)12(19)18(17-9)11(16-13(15)20)10-7-5-4-6-8-10/h4-8,11H,1-3H3,(H3,15,16,20)/t11-/m1/s1. The normalized spacial score (nSPS) is 18.6. The Labute approximate surface area is 117 Å². The molecule has 106 valence electrons. The van der Waals surface area contributed by atoms with E-state index in [1.54, 1.807) is 20.8 Å². The second kappa shape index (κ2) is 4.96. The molecular weight excluding hydrogens is 256 g/mol. The molecule has 3 N–H and O–H groups in total. The van der Waals surface area contributed by atoms with Gasteiger partial charge in [-0.3, -0.25) is 4.79 Å². The van der Waals surface area contributed by atoms with Gasteiger partial charge in [-0.2, -0.15) is 5.10 Å². The summed E-state index contributed by atoms with van der Waals surface area (Å²) in [6, 6.07) is 8.42. The molecule has 0 spiro atoms. The molecule has 0 aromatic heterocycles. The van der Waals surface area contributed by atoms with Gasteiger partial charge in [-0.25, -0.2) is 9.80 Å². The van der Waals surface area contributed by atoms with E-state index >= 15 is 0 Å². The molecule has 0 bridgehead atoms. The molecule has 0 unspecified atom stereocenters. The van der Waals surface area contributed by atoms with Crippen LogP contribution < -0.4 is 11.1 Å². The molecule has 1 aliphatic rings. The number of hydrogen-bond donors (Lipinski definition) is 2. The molecule has 20 heavy (non-hydrogen) atoms. The van der Waals surface area contributed by atoms with Gasteiger partial charge in [-0.15, -0.1) is 0 Å². The van der Waals surface area contributed by atoms with Crippen molar-refractivity contribution in [3.63, 3.8) is 0 Å². The molecule has 6 heteroatoms. The van der Waals surface area contributed by atoms with E-state index in [0.29, 0.717) is 5.71 Å². The lowest BCUT2D eigenvalue weighted by Gasteiger charge is -2.27. The Morgan fingerprint density at radius 2 is 1.95 bits per heavy atom. The summed E-state index contributed by atoms with van der Waals surface area (Å²) >= 11 is 0. The van der Waals surface area contributed by atoms with Gasteiger partial charge in [0.2, 0.25) is 0 Å². The minimum atomic E-state index is -0.704. The molecule has 1 atom stereocenters. The van der Waals surface area contributed by atoms with Crippen LogP contribution in [0.15, 0.2) is 35.4 Å². The van der Waals surface area contributed by atoms with Gasteiger partial charge in [-0.1, -0.05) is 30.3 Å². The summed E-state index contributed by atoms with van der Waals surface area (Å²) in [5.41, 5.74) is 5.98. The first-order chi connectivity index (χ1) is 9.34. The predicted octanol–water partition coefficient (Wildman–Crippen LogP) is 1.60. The van der Waals surface area contributed by atoms with Crippen molar-refractivity contribution in [2.24, 2.45) is 16.3 Å². The van der Waals surface area contributed by atoms with Crippen LogP contribution >= 0.6 is 0 Å². The van der Waals surface area contributed by atoms with E-state index in [-0.39, 0.29) is 5.91 Å². The third kappa shape index (κ3) is 2.36. The topological polar surface area (TPSA) is 87.8 Å². The summed E-state index contributed by atoms with van der Waals surface area (Å²) < 4.78 is 0. The van der Waals surface area contributed by atoms with E-state index in [4.69, 9.17) is 5.73 Å². The lowest BCUT2D eigenvalue weighted by Crippen LogP contribution is -2.45. The maximum atomic E-state index is 12.5. The molecule has 0 fully saturated rings. The Bertz CT molecular complexity index is 566. The monoisotopic (exact) mass is 274 g/mol. The van der Waals surface area contributed by atoms with E-state index in [9.17, 15) is 9.59 Å². The summed E-state index contributed by atoms with van der Waals surface area (Å²) in [7, 11) is 0. The lowest BCUT2D eigenvalue weighted by molar-refractivity contribution is -0.137. The number of hydrazone groups is 1. The smallest absolute Gasteiger partial charge is 0.314 e. The minimum Gasteiger partial charge on any atom is -0.352 e. The van der Waals surface area contributed by atoms with E-state index in [1.807, 2.05) is 30.3 Å². The Morgan fingerprint density at radius 3 is 2.40 bits per heavy atom. The molecule has 0 saturated heterocycles. The van der Waals surface area contributed by atoms with Crippen LogP contribution in [0.4, 0.5) is 4.79 Å². The molecule has 0 saturated carbocycles. The van der Waals surface area contributed by atoms with Gasteiger partial charge in [0.15, 0.2) is 6.17 Å². The third-order valence-electron chi connectivity index (χ3n) is 3.54. The first-order valence-corrected chi connectivity index (χ1v) is 6.34. The van der Waals surface area contributed by atoms with Crippen molar-refractivity contribution in [2.45, 2.75) is 26.9 Å². The zero-order valence-corrected chi connectivity index (χ0v) is 11.8. The van der Waals surface area contributed by atoms with Crippen molar-refractivity contribution in [2.75, 3.05) is 0 Å². The zero-order chi connectivity index (χ0) is 14.9. The first-order valence-electron chi connectivity index (χ1n) is 6.34. The van der Waals surface area contributed by atoms with E-state index in [2.05, 4.69) is 10.4 Å². The maximum Gasteiger partial charge on any atom is 0.314 e. The van der Waals surface area contributed by atoms with Gasteiger partial charge >= 0.3 is 6.03 Å². The summed E-state index contributed by atoms with van der Waals surface area (Å²) in [5, 5.41) is 8.13. The number of carbonyl (C=O) groups excluding carboxylic acids is 2. The van der Waals surface area contributed by atoms with Crippen molar-refractivity contribution in [1.82, 2.24) is 10.3 Å². The number of primary amides is 1. The largest absolute Gasteiger partial charge is 0.352 e. The minimum absolute atomic E-state index is 0.169. The van der Waals surface area contributed by atoms with Gasteiger partial charge in [0.05, 0.1) is 11.1 Å². The molecule has 3 amide bonds. The van der Waals surface area contributed by atoms with Crippen LogP contribution in [0.25, 0.3) is 0 Å². The van der Waals surface area contributed by atoms with Gasteiger partial charge in [0.1, 0.15) is 0 Å². The third-order valence-corrected chi connectivity index (χ3v) is 3.54. The van der Waals surface area contributed by atoms with E-state index in [0.717, 1.165) is 5.56 Å². The van der Waals surface area contributed by atoms with E-state index in [1.165, 1.54) is 5.01 Å². The van der Waals surface area contributed by atoms with Gasteiger partial charge < -0.3 is 11.1 Å². The van der Waals surface area contributed by atoms with Crippen LogP contribution in [0, 0.1) is 5.41 Å². The van der Waals surface area contributed by atoms with Gasteiger partial charge in [-0.05, 0) is 26.3 Å². The van der Waals surface area contributed by atoms with Gasteiger partial charge in [0.25, 0.3) is 5.91 Å². The molecule has 0 aliphatic carbocycles. The number of urea groups is 1. The average molecular weight is 274 g/mol. The Balaban J connectivity index is 2.39. The van der Waals surface area contributed by atoms with Crippen molar-refractivity contribution in [1.29, 1.82) is 0 Å².